The van der Waals surface area contributed by atoms with E-state index in [1.807, 2.05) is 13.8 Å². The van der Waals surface area contributed by atoms with E-state index >= 15 is 0 Å². The van der Waals surface area contributed by atoms with Gasteiger partial charge in [-0.05, 0) is 26.7 Å². The van der Waals surface area contributed by atoms with Crippen molar-refractivity contribution in [1.29, 1.82) is 0 Å². The summed E-state index contributed by atoms with van der Waals surface area (Å²) in [5.74, 6) is -1.97. The molecule has 0 aliphatic heterocycles. The third-order valence-electron chi connectivity index (χ3n) is 3.79. The van der Waals surface area contributed by atoms with Crippen molar-refractivity contribution in [3.05, 3.63) is 16.1 Å². The van der Waals surface area contributed by atoms with Crippen molar-refractivity contribution in [2.24, 2.45) is 11.8 Å². The van der Waals surface area contributed by atoms with E-state index < -0.39 is 17.8 Å². The van der Waals surface area contributed by atoms with Gasteiger partial charge in [-0.1, -0.05) is 12.8 Å². The summed E-state index contributed by atoms with van der Waals surface area (Å²) in [5, 5.41) is 13.0. The second-order valence-corrected chi connectivity index (χ2v) is 6.64. The number of hydrogen-bond donors (Lipinski definition) is 2. The molecule has 1 fully saturated rings. The number of carboxylic acid groups (broad SMARTS) is 1. The van der Waals surface area contributed by atoms with Gasteiger partial charge in [-0.2, -0.15) is 0 Å². The van der Waals surface area contributed by atoms with E-state index in [9.17, 15) is 14.7 Å². The molecule has 3 unspecified atom stereocenters. The molecule has 1 saturated carbocycles. The summed E-state index contributed by atoms with van der Waals surface area (Å²) >= 11 is 1.55. The minimum absolute atomic E-state index is 0.155. The molecule has 2 N–H and O–H groups in total. The van der Waals surface area contributed by atoms with Crippen molar-refractivity contribution in [1.82, 2.24) is 10.3 Å². The average Bonchev–Trinajstić information content (AvgIpc) is 2.85. The predicted octanol–water partition coefficient (Wildman–Crippen LogP) is 2.52. The van der Waals surface area contributed by atoms with Crippen molar-refractivity contribution in [3.63, 3.8) is 0 Å². The fourth-order valence-corrected chi connectivity index (χ4v) is 3.47. The smallest absolute Gasteiger partial charge is 0.307 e. The van der Waals surface area contributed by atoms with Crippen LogP contribution < -0.4 is 5.32 Å². The summed E-state index contributed by atoms with van der Waals surface area (Å²) in [4.78, 5) is 28.9. The van der Waals surface area contributed by atoms with Crippen molar-refractivity contribution >= 4 is 23.2 Å². The van der Waals surface area contributed by atoms with E-state index in [0.717, 1.165) is 22.7 Å². The Hall–Kier alpha value is -1.43. The van der Waals surface area contributed by atoms with Crippen LogP contribution in [-0.2, 0) is 9.59 Å². The number of amides is 1. The molecule has 5 nitrogen and oxygen atoms in total. The Morgan fingerprint density at radius 3 is 2.60 bits per heavy atom. The number of thiazole rings is 1. The third-order valence-corrected chi connectivity index (χ3v) is 4.88. The van der Waals surface area contributed by atoms with Crippen LogP contribution in [0.4, 0.5) is 0 Å². The monoisotopic (exact) mass is 296 g/mol. The number of carbonyl (C=O) groups excluding carboxylic acids is 1. The van der Waals surface area contributed by atoms with E-state index in [4.69, 9.17) is 0 Å². The first-order valence-electron chi connectivity index (χ1n) is 6.94. The molecule has 1 aromatic rings. The van der Waals surface area contributed by atoms with Crippen molar-refractivity contribution in [3.8, 4) is 0 Å². The van der Waals surface area contributed by atoms with E-state index in [1.165, 1.54) is 0 Å². The summed E-state index contributed by atoms with van der Waals surface area (Å²) in [6.07, 6.45) is 4.85. The van der Waals surface area contributed by atoms with E-state index in [0.29, 0.717) is 12.8 Å². The second kappa shape index (κ2) is 6.35. The summed E-state index contributed by atoms with van der Waals surface area (Å²) in [5.41, 5.74) is 0. The Morgan fingerprint density at radius 2 is 2.05 bits per heavy atom. The van der Waals surface area contributed by atoms with Crippen LogP contribution in [0.15, 0.2) is 6.20 Å². The molecule has 6 heteroatoms. The number of aromatic nitrogens is 1. The maximum atomic E-state index is 12.3. The third kappa shape index (κ3) is 3.36. The first-order valence-corrected chi connectivity index (χ1v) is 7.76. The Morgan fingerprint density at radius 1 is 1.40 bits per heavy atom. The molecular weight excluding hydrogens is 276 g/mol. The van der Waals surface area contributed by atoms with Gasteiger partial charge in [0, 0.05) is 11.1 Å². The highest BCUT2D eigenvalue weighted by Crippen LogP contribution is 2.31. The quantitative estimate of drug-likeness (QED) is 0.894. The lowest BCUT2D eigenvalue weighted by atomic mass is 9.78. The molecule has 0 radical (unpaired) electrons. The molecule has 0 spiro atoms. The molecule has 110 valence electrons. The lowest BCUT2D eigenvalue weighted by molar-refractivity contribution is -0.149. The van der Waals surface area contributed by atoms with Crippen LogP contribution in [0, 0.1) is 18.8 Å². The zero-order valence-corrected chi connectivity index (χ0v) is 12.6. The molecule has 20 heavy (non-hydrogen) atoms. The summed E-state index contributed by atoms with van der Waals surface area (Å²) in [7, 11) is 0. The Labute approximate surface area is 122 Å². The molecule has 1 amide bonds. The molecule has 1 heterocycles. The molecule has 0 aromatic carbocycles. The van der Waals surface area contributed by atoms with Gasteiger partial charge >= 0.3 is 5.97 Å². The van der Waals surface area contributed by atoms with Crippen molar-refractivity contribution in [2.75, 3.05) is 0 Å². The number of aliphatic carboxylic acids is 1. The first kappa shape index (κ1) is 15.0. The molecule has 1 aliphatic rings. The van der Waals surface area contributed by atoms with Gasteiger partial charge in [-0.15, -0.1) is 11.3 Å². The number of hydrogen-bond acceptors (Lipinski definition) is 4. The van der Waals surface area contributed by atoms with Gasteiger partial charge in [0.2, 0.25) is 5.91 Å². The number of carboxylic acids is 1. The van der Waals surface area contributed by atoms with Gasteiger partial charge in [0.1, 0.15) is 5.01 Å². The predicted molar refractivity (Wildman–Crippen MR) is 76.5 cm³/mol. The van der Waals surface area contributed by atoms with Crippen molar-refractivity contribution in [2.45, 2.75) is 45.6 Å². The summed E-state index contributed by atoms with van der Waals surface area (Å²) in [6.45, 7) is 3.85. The molecular formula is C14H20N2O3S. The molecule has 2 rings (SSSR count). The van der Waals surface area contributed by atoms with Crippen LogP contribution in [0.25, 0.3) is 0 Å². The molecule has 0 saturated heterocycles. The topological polar surface area (TPSA) is 79.3 Å². The fraction of sp³-hybridized carbons (Fsp3) is 0.643. The highest BCUT2D eigenvalue weighted by atomic mass is 32.1. The van der Waals surface area contributed by atoms with E-state index in [-0.39, 0.29) is 11.9 Å². The minimum atomic E-state index is -0.859. The van der Waals surface area contributed by atoms with Crippen LogP contribution in [0.5, 0.6) is 0 Å². The Kier molecular flexibility index (Phi) is 4.75. The summed E-state index contributed by atoms with van der Waals surface area (Å²) in [6, 6.07) is -0.169. The maximum absolute atomic E-state index is 12.3. The van der Waals surface area contributed by atoms with Gasteiger partial charge in [-0.25, -0.2) is 4.98 Å². The molecule has 0 bridgehead atoms. The molecule has 3 atom stereocenters. The first-order chi connectivity index (χ1) is 9.49. The van der Waals surface area contributed by atoms with Gasteiger partial charge in [0.05, 0.1) is 17.9 Å². The van der Waals surface area contributed by atoms with E-state index in [1.54, 1.807) is 17.5 Å². The number of rotatable bonds is 4. The molecule has 1 aliphatic carbocycles. The van der Waals surface area contributed by atoms with Crippen LogP contribution >= 0.6 is 11.3 Å². The number of nitrogens with zero attached hydrogens (tertiary/aromatic N) is 1. The largest absolute Gasteiger partial charge is 0.481 e. The number of nitrogens with one attached hydrogen (secondary N) is 1. The number of aryl methyl sites for hydroxylation is 1. The summed E-state index contributed by atoms with van der Waals surface area (Å²) < 4.78 is 0. The Balaban J connectivity index is 2.01. The maximum Gasteiger partial charge on any atom is 0.307 e. The van der Waals surface area contributed by atoms with Gasteiger partial charge in [-0.3, -0.25) is 9.59 Å². The standard InChI is InChI=1S/C14H20N2O3S/c1-8-7-15-13(20-8)9(2)16-12(17)10-5-3-4-6-11(10)14(18)19/h7,9-11H,3-6H2,1-2H3,(H,16,17)(H,18,19). The van der Waals surface area contributed by atoms with Gasteiger partial charge in [0.25, 0.3) is 0 Å². The SMILES string of the molecule is Cc1cnc(C(C)NC(=O)C2CCCCC2C(=O)O)s1. The van der Waals surface area contributed by atoms with Crippen LogP contribution in [0.1, 0.15) is 48.5 Å². The van der Waals surface area contributed by atoms with Gasteiger partial charge < -0.3 is 10.4 Å². The highest BCUT2D eigenvalue weighted by Gasteiger charge is 2.36. The van der Waals surface area contributed by atoms with Gasteiger partial charge in [0.15, 0.2) is 0 Å². The lowest BCUT2D eigenvalue weighted by Crippen LogP contribution is -2.40. The lowest BCUT2D eigenvalue weighted by Gasteiger charge is -2.28. The zero-order chi connectivity index (χ0) is 14.7. The highest BCUT2D eigenvalue weighted by molar-refractivity contribution is 7.11. The zero-order valence-electron chi connectivity index (χ0n) is 11.8. The average molecular weight is 296 g/mol. The van der Waals surface area contributed by atoms with E-state index in [2.05, 4.69) is 10.3 Å². The van der Waals surface area contributed by atoms with Crippen LogP contribution in [0.2, 0.25) is 0 Å². The number of carbonyl (C=O) groups is 2. The fourth-order valence-electron chi connectivity index (χ4n) is 2.69. The van der Waals surface area contributed by atoms with Crippen LogP contribution in [-0.4, -0.2) is 22.0 Å². The second-order valence-electron chi connectivity index (χ2n) is 5.38. The molecule has 1 aromatic heterocycles. The van der Waals surface area contributed by atoms with Crippen molar-refractivity contribution < 1.29 is 14.7 Å². The Bertz CT molecular complexity index is 500. The minimum Gasteiger partial charge on any atom is -0.481 e. The van der Waals surface area contributed by atoms with Crippen LogP contribution in [0.3, 0.4) is 0 Å². The normalized spacial score (nSPS) is 24.1.